The van der Waals surface area contributed by atoms with Gasteiger partial charge < -0.3 is 20.4 Å². The molecule has 3 N–H and O–H groups in total. The number of rotatable bonds is 6. The van der Waals surface area contributed by atoms with E-state index in [4.69, 9.17) is 33.7 Å². The van der Waals surface area contributed by atoms with Gasteiger partial charge in [0, 0.05) is 26.2 Å². The molecule has 0 radical (unpaired) electrons. The molecule has 11 heteroatoms. The van der Waals surface area contributed by atoms with Gasteiger partial charge in [0.05, 0.1) is 17.8 Å². The lowest BCUT2D eigenvalue weighted by molar-refractivity contribution is -0.111. The first-order valence-corrected chi connectivity index (χ1v) is 11.0. The maximum absolute atomic E-state index is 13.1. The summed E-state index contributed by atoms with van der Waals surface area (Å²) in [6.45, 7) is 0.199. The summed E-state index contributed by atoms with van der Waals surface area (Å²) in [6.07, 6.45) is 3.22. The van der Waals surface area contributed by atoms with Crippen LogP contribution in [0.2, 0.25) is 5.02 Å². The summed E-state index contributed by atoms with van der Waals surface area (Å²) in [5.41, 5.74) is 9.18. The van der Waals surface area contributed by atoms with E-state index < -0.39 is 5.82 Å². The maximum atomic E-state index is 13.1. The zero-order chi connectivity index (χ0) is 25.5. The van der Waals surface area contributed by atoms with Gasteiger partial charge in [-0.15, -0.1) is 0 Å². The van der Waals surface area contributed by atoms with Gasteiger partial charge in [-0.3, -0.25) is 9.59 Å². The van der Waals surface area contributed by atoms with E-state index in [1.807, 2.05) is 18.2 Å². The standard InChI is InChI=1S/C15H13ClFN5O.C9H9ClO2/c1-22-6-11(18)12-14(22)13(21-7-20-12)15(23)19-5-8-2-3-10(17)9(16)4-8;1-12-8-4-2-3-7(5-8)6-9(10)11/h2-4,6-7H,5,18H2,1H3,(H,19,23);2-5H,6H2,1H3. The van der Waals surface area contributed by atoms with Crippen molar-refractivity contribution in [2.45, 2.75) is 13.0 Å². The van der Waals surface area contributed by atoms with Crippen LogP contribution in [0.4, 0.5) is 10.1 Å². The van der Waals surface area contributed by atoms with Crippen molar-refractivity contribution in [2.75, 3.05) is 12.8 Å². The average molecular weight is 518 g/mol. The number of methoxy groups -OCH3 is 1. The molecule has 0 aliphatic carbocycles. The van der Waals surface area contributed by atoms with Crippen LogP contribution in [0.1, 0.15) is 21.6 Å². The molecule has 4 aromatic rings. The van der Waals surface area contributed by atoms with Crippen LogP contribution in [0.25, 0.3) is 11.0 Å². The molecule has 8 nitrogen and oxygen atoms in total. The van der Waals surface area contributed by atoms with Crippen LogP contribution >= 0.6 is 23.2 Å². The molecule has 4 rings (SSSR count). The number of nitrogen functional groups attached to an aromatic ring is 1. The van der Waals surface area contributed by atoms with Gasteiger partial charge in [0.2, 0.25) is 5.24 Å². The van der Waals surface area contributed by atoms with Gasteiger partial charge in [0.15, 0.2) is 5.69 Å². The minimum Gasteiger partial charge on any atom is -0.497 e. The van der Waals surface area contributed by atoms with E-state index in [1.54, 1.807) is 37.1 Å². The van der Waals surface area contributed by atoms with E-state index in [9.17, 15) is 14.0 Å². The highest BCUT2D eigenvalue weighted by atomic mass is 35.5. The molecule has 0 bridgehead atoms. The van der Waals surface area contributed by atoms with Crippen molar-refractivity contribution < 1.29 is 18.7 Å². The van der Waals surface area contributed by atoms with E-state index in [1.165, 1.54) is 18.5 Å². The molecule has 0 fully saturated rings. The number of carbonyl (C=O) groups is 2. The Kier molecular flexibility index (Phi) is 8.62. The third kappa shape index (κ3) is 6.68. The largest absolute Gasteiger partial charge is 0.497 e. The SMILES string of the molecule is COc1cccc(CC(=O)Cl)c1.Cn1cc(N)c2ncnc(C(=O)NCc3ccc(F)c(Cl)c3)c21. The molecule has 0 aliphatic rings. The topological polar surface area (TPSA) is 112 Å². The van der Waals surface area contributed by atoms with Crippen LogP contribution in [0.3, 0.4) is 0 Å². The van der Waals surface area contributed by atoms with Gasteiger partial charge in [0.1, 0.15) is 28.9 Å². The second-order valence-electron chi connectivity index (χ2n) is 7.43. The van der Waals surface area contributed by atoms with Crippen LogP contribution in [0, 0.1) is 5.82 Å². The highest BCUT2D eigenvalue weighted by molar-refractivity contribution is 6.63. The number of fused-ring (bicyclic) bond motifs is 1. The van der Waals surface area contributed by atoms with Gasteiger partial charge in [-0.1, -0.05) is 29.8 Å². The Morgan fingerprint density at radius 3 is 2.63 bits per heavy atom. The minimum atomic E-state index is -0.501. The molecule has 35 heavy (non-hydrogen) atoms. The molecule has 0 aliphatic heterocycles. The molecule has 2 heterocycles. The Bertz CT molecular complexity index is 1380. The molecule has 0 atom stereocenters. The first kappa shape index (κ1) is 25.9. The normalized spacial score (nSPS) is 10.4. The van der Waals surface area contributed by atoms with Crippen LogP contribution in [-0.4, -0.2) is 32.8 Å². The van der Waals surface area contributed by atoms with E-state index in [0.29, 0.717) is 22.3 Å². The molecule has 0 saturated heterocycles. The first-order chi connectivity index (χ1) is 16.7. The van der Waals surface area contributed by atoms with Crippen molar-refractivity contribution >= 4 is 51.1 Å². The van der Waals surface area contributed by atoms with Gasteiger partial charge in [-0.05, 0) is 47.0 Å². The number of amides is 1. The Balaban J connectivity index is 0.000000241. The minimum absolute atomic E-state index is 0.0105. The van der Waals surface area contributed by atoms with Crippen molar-refractivity contribution in [3.05, 3.63) is 82.6 Å². The van der Waals surface area contributed by atoms with Gasteiger partial charge in [-0.25, -0.2) is 14.4 Å². The summed E-state index contributed by atoms with van der Waals surface area (Å²) in [5, 5.41) is 2.38. The fraction of sp³-hybridized carbons (Fsp3) is 0.167. The lowest BCUT2D eigenvalue weighted by atomic mass is 10.1. The van der Waals surface area contributed by atoms with E-state index in [0.717, 1.165) is 11.3 Å². The molecule has 0 saturated carbocycles. The Labute approximate surface area is 210 Å². The van der Waals surface area contributed by atoms with Crippen molar-refractivity contribution in [3.63, 3.8) is 0 Å². The van der Waals surface area contributed by atoms with E-state index in [2.05, 4.69) is 15.3 Å². The monoisotopic (exact) mass is 517 g/mol. The molecule has 2 aromatic heterocycles. The molecule has 0 spiro atoms. The van der Waals surface area contributed by atoms with Crippen LogP contribution in [-0.2, 0) is 24.8 Å². The fourth-order valence-electron chi connectivity index (χ4n) is 3.28. The number of nitrogens with zero attached hydrogens (tertiary/aromatic N) is 3. The summed E-state index contributed by atoms with van der Waals surface area (Å²) in [6, 6.07) is 11.6. The van der Waals surface area contributed by atoms with Crippen LogP contribution < -0.4 is 15.8 Å². The first-order valence-electron chi connectivity index (χ1n) is 10.3. The Morgan fingerprint density at radius 1 is 1.17 bits per heavy atom. The number of carbonyl (C=O) groups excluding carboxylic acids is 2. The van der Waals surface area contributed by atoms with Crippen LogP contribution in [0.5, 0.6) is 5.75 Å². The number of halogens is 3. The number of anilines is 1. The predicted octanol–water partition coefficient (Wildman–Crippen LogP) is 4.28. The summed E-state index contributed by atoms with van der Waals surface area (Å²) in [7, 11) is 3.35. The second-order valence-corrected chi connectivity index (χ2v) is 8.26. The van der Waals surface area contributed by atoms with E-state index in [-0.39, 0.29) is 34.8 Å². The summed E-state index contributed by atoms with van der Waals surface area (Å²) >= 11 is 11.0. The number of ether oxygens (including phenoxy) is 1. The quantitative estimate of drug-likeness (QED) is 0.369. The molecule has 2 aromatic carbocycles. The zero-order valence-corrected chi connectivity index (χ0v) is 20.4. The maximum Gasteiger partial charge on any atom is 0.272 e. The molecule has 0 unspecified atom stereocenters. The summed E-state index contributed by atoms with van der Waals surface area (Å²) < 4.78 is 19.8. The number of nitrogens with one attached hydrogen (secondary N) is 1. The number of aryl methyl sites for hydroxylation is 1. The van der Waals surface area contributed by atoms with Crippen LogP contribution in [0.15, 0.2) is 55.0 Å². The molecular weight excluding hydrogens is 496 g/mol. The highest BCUT2D eigenvalue weighted by Gasteiger charge is 2.17. The van der Waals surface area contributed by atoms with Crippen molar-refractivity contribution in [1.82, 2.24) is 19.9 Å². The molecular formula is C24H22Cl2FN5O3. The second kappa shape index (κ2) is 11.6. The number of hydrogen-bond donors (Lipinski definition) is 2. The number of benzene rings is 2. The highest BCUT2D eigenvalue weighted by Crippen LogP contribution is 2.22. The lowest BCUT2D eigenvalue weighted by Crippen LogP contribution is -2.24. The van der Waals surface area contributed by atoms with Gasteiger partial charge in [-0.2, -0.15) is 0 Å². The summed E-state index contributed by atoms with van der Waals surface area (Å²) in [4.78, 5) is 31.0. The number of hydrogen-bond acceptors (Lipinski definition) is 6. The fourth-order valence-corrected chi connectivity index (χ4v) is 3.64. The average Bonchev–Trinajstić information content (AvgIpc) is 3.13. The Hall–Kier alpha value is -3.69. The molecule has 1 amide bonds. The third-order valence-electron chi connectivity index (χ3n) is 4.91. The number of nitrogens with two attached hydrogens (primary N) is 1. The predicted molar refractivity (Wildman–Crippen MR) is 133 cm³/mol. The van der Waals surface area contributed by atoms with Crippen molar-refractivity contribution in [2.24, 2.45) is 7.05 Å². The van der Waals surface area contributed by atoms with Gasteiger partial charge >= 0.3 is 0 Å². The lowest BCUT2D eigenvalue weighted by Gasteiger charge is -2.07. The summed E-state index contributed by atoms with van der Waals surface area (Å²) in [5.74, 6) is -0.136. The van der Waals surface area contributed by atoms with Crippen molar-refractivity contribution in [1.29, 1.82) is 0 Å². The Morgan fingerprint density at radius 2 is 1.94 bits per heavy atom. The third-order valence-corrected chi connectivity index (χ3v) is 5.33. The number of aromatic nitrogens is 3. The van der Waals surface area contributed by atoms with Crippen molar-refractivity contribution in [3.8, 4) is 5.75 Å². The molecule has 182 valence electrons. The smallest absolute Gasteiger partial charge is 0.272 e. The zero-order valence-electron chi connectivity index (χ0n) is 18.9. The van der Waals surface area contributed by atoms with Gasteiger partial charge in [0.25, 0.3) is 5.91 Å². The van der Waals surface area contributed by atoms with E-state index >= 15 is 0 Å².